The molecule has 0 aliphatic rings. The van der Waals surface area contributed by atoms with Crippen molar-refractivity contribution >= 4 is 32.5 Å². The molecule has 1 aromatic carbocycles. The highest BCUT2D eigenvalue weighted by Crippen LogP contribution is 2.32. The minimum Gasteiger partial charge on any atom is -0.384 e. The van der Waals surface area contributed by atoms with Crippen molar-refractivity contribution in [3.63, 3.8) is 0 Å². The number of nitrogens with one attached hydrogen (secondary N) is 1. The fraction of sp³-hybridized carbons (Fsp3) is 0.357. The van der Waals surface area contributed by atoms with Gasteiger partial charge in [0.05, 0.1) is 9.86 Å². The van der Waals surface area contributed by atoms with E-state index >= 15 is 0 Å². The molecular weight excluding hydrogens is 314 g/mol. The Kier molecular flexibility index (Phi) is 4.34. The van der Waals surface area contributed by atoms with Crippen LogP contribution in [0, 0.1) is 11.6 Å². The van der Waals surface area contributed by atoms with Crippen LogP contribution in [0.15, 0.2) is 16.6 Å². The average Bonchev–Trinajstić information content (AvgIpc) is 2.41. The van der Waals surface area contributed by atoms with Gasteiger partial charge in [0.15, 0.2) is 5.82 Å². The number of aryl methyl sites for hydroxylation is 1. The van der Waals surface area contributed by atoms with Crippen molar-refractivity contribution in [2.24, 2.45) is 0 Å². The largest absolute Gasteiger partial charge is 0.384 e. The topological polar surface area (TPSA) is 24.9 Å². The Morgan fingerprint density at radius 2 is 2.00 bits per heavy atom. The summed E-state index contributed by atoms with van der Waals surface area (Å²) in [5, 5.41) is 3.35. The standard InChI is InChI=1S/C14H15BrF2N2/c1-3-5-18-11-6-8(4-2)19-14-10(16)7-9(15)13(17)12(11)14/h6-7H,3-5H2,1-2H3,(H,18,19). The summed E-state index contributed by atoms with van der Waals surface area (Å²) >= 11 is 3.03. The maximum atomic E-state index is 14.2. The summed E-state index contributed by atoms with van der Waals surface area (Å²) in [7, 11) is 0. The summed E-state index contributed by atoms with van der Waals surface area (Å²) < 4.78 is 28.3. The average molecular weight is 329 g/mol. The number of pyridine rings is 1. The molecule has 0 bridgehead atoms. The fourth-order valence-electron chi connectivity index (χ4n) is 1.94. The Morgan fingerprint density at radius 3 is 2.63 bits per heavy atom. The quantitative estimate of drug-likeness (QED) is 0.825. The van der Waals surface area contributed by atoms with Gasteiger partial charge in [0.25, 0.3) is 0 Å². The molecule has 1 N–H and O–H groups in total. The lowest BCUT2D eigenvalue weighted by Crippen LogP contribution is -2.04. The van der Waals surface area contributed by atoms with E-state index in [1.54, 1.807) is 6.07 Å². The van der Waals surface area contributed by atoms with Crippen molar-refractivity contribution in [2.75, 3.05) is 11.9 Å². The minimum absolute atomic E-state index is 0.0821. The number of aromatic nitrogens is 1. The highest BCUT2D eigenvalue weighted by Gasteiger charge is 2.16. The molecule has 0 amide bonds. The van der Waals surface area contributed by atoms with Gasteiger partial charge in [-0.15, -0.1) is 0 Å². The molecule has 0 saturated heterocycles. The molecule has 2 rings (SSSR count). The number of nitrogens with zero attached hydrogens (tertiary/aromatic N) is 1. The van der Waals surface area contributed by atoms with Crippen molar-refractivity contribution in [1.82, 2.24) is 4.98 Å². The summed E-state index contributed by atoms with van der Waals surface area (Å²) in [6, 6.07) is 2.90. The first-order chi connectivity index (χ1) is 9.08. The van der Waals surface area contributed by atoms with E-state index in [1.807, 2.05) is 13.8 Å². The molecule has 19 heavy (non-hydrogen) atoms. The number of fused-ring (bicyclic) bond motifs is 1. The molecule has 0 aliphatic carbocycles. The first-order valence-corrected chi connectivity index (χ1v) is 7.08. The second-order valence-corrected chi connectivity index (χ2v) is 5.17. The Labute approximate surface area is 119 Å². The number of hydrogen-bond acceptors (Lipinski definition) is 2. The van der Waals surface area contributed by atoms with Crippen LogP contribution in [0.1, 0.15) is 26.0 Å². The third kappa shape index (κ3) is 2.71. The first kappa shape index (κ1) is 14.2. The van der Waals surface area contributed by atoms with Crippen LogP contribution in [0.3, 0.4) is 0 Å². The van der Waals surface area contributed by atoms with E-state index in [1.165, 1.54) is 0 Å². The Hall–Kier alpha value is -1.23. The van der Waals surface area contributed by atoms with Gasteiger partial charge in [0.2, 0.25) is 0 Å². The van der Waals surface area contributed by atoms with Crippen molar-refractivity contribution in [3.05, 3.63) is 33.9 Å². The Balaban J connectivity index is 2.75. The van der Waals surface area contributed by atoms with E-state index in [4.69, 9.17) is 0 Å². The van der Waals surface area contributed by atoms with Gasteiger partial charge in [-0.25, -0.2) is 13.8 Å². The van der Waals surface area contributed by atoms with Crippen molar-refractivity contribution in [3.8, 4) is 0 Å². The molecular formula is C14H15BrF2N2. The van der Waals surface area contributed by atoms with E-state index < -0.39 is 11.6 Å². The normalized spacial score (nSPS) is 11.0. The van der Waals surface area contributed by atoms with E-state index in [0.717, 1.165) is 18.2 Å². The minimum atomic E-state index is -0.516. The summed E-state index contributed by atoms with van der Waals surface area (Å²) in [6.07, 6.45) is 1.58. The van der Waals surface area contributed by atoms with Crippen LogP contribution >= 0.6 is 15.9 Å². The molecule has 0 unspecified atom stereocenters. The SMILES string of the molecule is CCCNc1cc(CC)nc2c(F)cc(Br)c(F)c12. The maximum absolute atomic E-state index is 14.2. The number of hydrogen-bond donors (Lipinski definition) is 1. The molecule has 2 aromatic rings. The van der Waals surface area contributed by atoms with Gasteiger partial charge in [-0.2, -0.15) is 0 Å². The highest BCUT2D eigenvalue weighted by atomic mass is 79.9. The zero-order valence-electron chi connectivity index (χ0n) is 10.9. The van der Waals surface area contributed by atoms with Gasteiger partial charge in [0, 0.05) is 17.9 Å². The lowest BCUT2D eigenvalue weighted by molar-refractivity contribution is 0.609. The first-order valence-electron chi connectivity index (χ1n) is 6.29. The van der Waals surface area contributed by atoms with Crippen LogP contribution in [0.4, 0.5) is 14.5 Å². The van der Waals surface area contributed by atoms with Crippen LogP contribution in [-0.4, -0.2) is 11.5 Å². The van der Waals surface area contributed by atoms with Gasteiger partial charge in [-0.3, -0.25) is 0 Å². The van der Waals surface area contributed by atoms with Crippen molar-refractivity contribution < 1.29 is 8.78 Å². The summed E-state index contributed by atoms with van der Waals surface area (Å²) in [4.78, 5) is 4.19. The summed E-state index contributed by atoms with van der Waals surface area (Å²) in [6.45, 7) is 4.66. The molecule has 0 atom stereocenters. The zero-order valence-corrected chi connectivity index (χ0v) is 12.4. The lowest BCUT2D eigenvalue weighted by atomic mass is 10.1. The van der Waals surface area contributed by atoms with E-state index in [9.17, 15) is 8.78 Å². The highest BCUT2D eigenvalue weighted by molar-refractivity contribution is 9.10. The third-order valence-corrected chi connectivity index (χ3v) is 3.49. The van der Waals surface area contributed by atoms with Crippen LogP contribution in [0.25, 0.3) is 10.9 Å². The smallest absolute Gasteiger partial charge is 0.150 e. The predicted molar refractivity (Wildman–Crippen MR) is 77.5 cm³/mol. The molecule has 0 aliphatic heterocycles. The van der Waals surface area contributed by atoms with Gasteiger partial charge in [-0.1, -0.05) is 13.8 Å². The van der Waals surface area contributed by atoms with Gasteiger partial charge in [0.1, 0.15) is 11.3 Å². The van der Waals surface area contributed by atoms with Crippen LogP contribution in [-0.2, 0) is 6.42 Å². The third-order valence-electron chi connectivity index (χ3n) is 2.91. The molecule has 102 valence electrons. The molecule has 1 aromatic heterocycles. The lowest BCUT2D eigenvalue weighted by Gasteiger charge is -2.12. The second kappa shape index (κ2) is 5.82. The molecule has 1 heterocycles. The Morgan fingerprint density at radius 1 is 1.26 bits per heavy atom. The van der Waals surface area contributed by atoms with E-state index in [0.29, 0.717) is 18.7 Å². The van der Waals surface area contributed by atoms with Gasteiger partial charge < -0.3 is 5.32 Å². The zero-order chi connectivity index (χ0) is 14.0. The van der Waals surface area contributed by atoms with Gasteiger partial charge in [-0.05, 0) is 40.9 Å². The van der Waals surface area contributed by atoms with Crippen LogP contribution in [0.5, 0.6) is 0 Å². The maximum Gasteiger partial charge on any atom is 0.150 e. The van der Waals surface area contributed by atoms with Crippen LogP contribution < -0.4 is 5.32 Å². The molecule has 0 saturated carbocycles. The molecule has 0 radical (unpaired) electrons. The Bertz CT molecular complexity index is 614. The monoisotopic (exact) mass is 328 g/mol. The van der Waals surface area contributed by atoms with Crippen molar-refractivity contribution in [2.45, 2.75) is 26.7 Å². The number of halogens is 3. The second-order valence-electron chi connectivity index (χ2n) is 4.32. The fourth-order valence-corrected chi connectivity index (χ4v) is 2.33. The molecule has 0 spiro atoms. The van der Waals surface area contributed by atoms with Crippen LogP contribution in [0.2, 0.25) is 0 Å². The molecule has 0 fully saturated rings. The van der Waals surface area contributed by atoms with E-state index in [-0.39, 0.29) is 15.4 Å². The molecule has 5 heteroatoms. The predicted octanol–water partition coefficient (Wildman–Crippen LogP) is 4.66. The van der Waals surface area contributed by atoms with Gasteiger partial charge >= 0.3 is 0 Å². The van der Waals surface area contributed by atoms with Crippen molar-refractivity contribution in [1.29, 1.82) is 0 Å². The number of anilines is 1. The molecule has 2 nitrogen and oxygen atoms in total. The van der Waals surface area contributed by atoms with E-state index in [2.05, 4.69) is 26.2 Å². The summed E-state index contributed by atoms with van der Waals surface area (Å²) in [5.74, 6) is -0.997. The number of rotatable bonds is 4. The number of benzene rings is 1. The summed E-state index contributed by atoms with van der Waals surface area (Å²) in [5.41, 5.74) is 1.42.